The molecule has 0 aliphatic heterocycles. The van der Waals surface area contributed by atoms with E-state index < -0.39 is 6.04 Å². The van der Waals surface area contributed by atoms with E-state index in [1.807, 2.05) is 19.0 Å². The molecule has 1 N–H and O–H groups in total. The molecular formula is C14H20ClN3O2. The minimum atomic E-state index is -0.484. The van der Waals surface area contributed by atoms with E-state index in [-0.39, 0.29) is 0 Å². The maximum absolute atomic E-state index is 9.30. The number of methoxy groups -OCH3 is 2. The molecule has 1 unspecified atom stereocenters. The number of hydrogen-bond acceptors (Lipinski definition) is 5. The van der Waals surface area contributed by atoms with Gasteiger partial charge in [0.2, 0.25) is 0 Å². The van der Waals surface area contributed by atoms with Gasteiger partial charge in [0, 0.05) is 18.7 Å². The van der Waals surface area contributed by atoms with E-state index in [1.165, 1.54) is 7.11 Å². The van der Waals surface area contributed by atoms with Crippen molar-refractivity contribution in [1.82, 2.24) is 10.2 Å². The Bertz CT molecular complexity index is 486. The third kappa shape index (κ3) is 4.01. The first kappa shape index (κ1) is 16.6. The zero-order valence-corrected chi connectivity index (χ0v) is 13.0. The Kier molecular flexibility index (Phi) is 6.59. The predicted molar refractivity (Wildman–Crippen MR) is 79.5 cm³/mol. The summed E-state index contributed by atoms with van der Waals surface area (Å²) in [5, 5.41) is 12.9. The number of halogens is 1. The van der Waals surface area contributed by atoms with E-state index in [9.17, 15) is 5.26 Å². The van der Waals surface area contributed by atoms with Crippen LogP contribution in [0.5, 0.6) is 11.5 Å². The van der Waals surface area contributed by atoms with Gasteiger partial charge < -0.3 is 14.4 Å². The molecule has 1 atom stereocenters. The average Bonchev–Trinajstić information content (AvgIpc) is 2.43. The second-order valence-electron chi connectivity index (χ2n) is 4.52. The smallest absolute Gasteiger partial charge is 0.179 e. The van der Waals surface area contributed by atoms with Crippen LogP contribution in [-0.2, 0) is 0 Å². The highest BCUT2D eigenvalue weighted by molar-refractivity contribution is 6.33. The van der Waals surface area contributed by atoms with E-state index >= 15 is 0 Å². The van der Waals surface area contributed by atoms with Gasteiger partial charge in [-0.15, -0.1) is 0 Å². The number of likely N-dealkylation sites (N-methyl/N-ethyl adjacent to an activating group) is 1. The van der Waals surface area contributed by atoms with Gasteiger partial charge in [0.05, 0.1) is 25.3 Å². The second kappa shape index (κ2) is 7.95. The quantitative estimate of drug-likeness (QED) is 0.835. The van der Waals surface area contributed by atoms with Crippen LogP contribution < -0.4 is 14.8 Å². The van der Waals surface area contributed by atoms with Gasteiger partial charge in [-0.05, 0) is 20.2 Å². The zero-order chi connectivity index (χ0) is 15.1. The van der Waals surface area contributed by atoms with Crippen LogP contribution in [0.25, 0.3) is 0 Å². The number of nitriles is 1. The molecule has 0 aliphatic carbocycles. The second-order valence-corrected chi connectivity index (χ2v) is 4.90. The molecular weight excluding hydrogens is 278 g/mol. The van der Waals surface area contributed by atoms with E-state index in [4.69, 9.17) is 21.1 Å². The van der Waals surface area contributed by atoms with Gasteiger partial charge in [-0.25, -0.2) is 0 Å². The van der Waals surface area contributed by atoms with Crippen LogP contribution >= 0.6 is 11.6 Å². The summed E-state index contributed by atoms with van der Waals surface area (Å²) in [6.07, 6.45) is 0. The Hall–Kier alpha value is -1.48. The average molecular weight is 298 g/mol. The van der Waals surface area contributed by atoms with Crippen LogP contribution in [0.1, 0.15) is 11.6 Å². The maximum atomic E-state index is 9.30. The van der Waals surface area contributed by atoms with E-state index in [2.05, 4.69) is 11.4 Å². The number of rotatable bonds is 7. The molecule has 0 saturated carbocycles. The normalized spacial score (nSPS) is 12.1. The Morgan fingerprint density at radius 2 is 2.05 bits per heavy atom. The van der Waals surface area contributed by atoms with Gasteiger partial charge in [0.1, 0.15) is 6.04 Å². The first-order chi connectivity index (χ1) is 9.54. The van der Waals surface area contributed by atoms with Crippen LogP contribution in [0, 0.1) is 11.3 Å². The number of nitrogens with zero attached hydrogens (tertiary/aromatic N) is 2. The Balaban J connectivity index is 2.96. The minimum Gasteiger partial charge on any atom is -0.493 e. The van der Waals surface area contributed by atoms with Crippen LogP contribution in [0.4, 0.5) is 0 Å². The van der Waals surface area contributed by atoms with Crippen molar-refractivity contribution in [3.8, 4) is 17.6 Å². The first-order valence-corrected chi connectivity index (χ1v) is 6.61. The van der Waals surface area contributed by atoms with Crippen molar-refractivity contribution in [2.45, 2.75) is 6.04 Å². The van der Waals surface area contributed by atoms with Gasteiger partial charge in [-0.3, -0.25) is 5.32 Å². The molecule has 5 nitrogen and oxygen atoms in total. The summed E-state index contributed by atoms with van der Waals surface area (Å²) >= 11 is 6.30. The maximum Gasteiger partial charge on any atom is 0.179 e. The SMILES string of the molecule is COc1ccc(C(C#N)NCCN(C)C)c(Cl)c1OC. The van der Waals surface area contributed by atoms with Crippen LogP contribution in [0.2, 0.25) is 5.02 Å². The van der Waals surface area contributed by atoms with Crippen molar-refractivity contribution in [3.05, 3.63) is 22.7 Å². The summed E-state index contributed by atoms with van der Waals surface area (Å²) in [4.78, 5) is 2.04. The lowest BCUT2D eigenvalue weighted by atomic mass is 10.1. The van der Waals surface area contributed by atoms with Crippen molar-refractivity contribution in [2.75, 3.05) is 41.4 Å². The molecule has 0 saturated heterocycles. The van der Waals surface area contributed by atoms with Gasteiger partial charge >= 0.3 is 0 Å². The number of ether oxygens (including phenoxy) is 2. The first-order valence-electron chi connectivity index (χ1n) is 6.23. The molecule has 0 spiro atoms. The fourth-order valence-electron chi connectivity index (χ4n) is 1.79. The summed E-state index contributed by atoms with van der Waals surface area (Å²) in [6.45, 7) is 1.53. The van der Waals surface area contributed by atoms with Crippen LogP contribution in [0.3, 0.4) is 0 Å². The van der Waals surface area contributed by atoms with Crippen molar-refractivity contribution in [1.29, 1.82) is 5.26 Å². The lowest BCUT2D eigenvalue weighted by Crippen LogP contribution is -2.29. The summed E-state index contributed by atoms with van der Waals surface area (Å²) in [5.74, 6) is 0.993. The number of nitrogens with one attached hydrogen (secondary N) is 1. The third-order valence-corrected chi connectivity index (χ3v) is 3.25. The highest BCUT2D eigenvalue weighted by Crippen LogP contribution is 2.39. The summed E-state index contributed by atoms with van der Waals surface area (Å²) in [7, 11) is 7.03. The standard InChI is InChI=1S/C14H20ClN3O2/c1-18(2)8-7-17-11(9-16)10-5-6-12(19-3)14(20-4)13(10)15/h5-6,11,17H,7-8H2,1-4H3. The van der Waals surface area contributed by atoms with E-state index in [0.29, 0.717) is 28.6 Å². The molecule has 20 heavy (non-hydrogen) atoms. The summed E-state index contributed by atoms with van der Waals surface area (Å²) in [6, 6.07) is 5.25. The molecule has 0 aromatic heterocycles. The molecule has 0 heterocycles. The zero-order valence-electron chi connectivity index (χ0n) is 12.2. The van der Waals surface area contributed by atoms with Crippen LogP contribution in [-0.4, -0.2) is 46.3 Å². The number of benzene rings is 1. The highest BCUT2D eigenvalue weighted by atomic mass is 35.5. The fourth-order valence-corrected chi connectivity index (χ4v) is 2.13. The molecule has 1 aromatic rings. The Morgan fingerprint density at radius 1 is 1.35 bits per heavy atom. The van der Waals surface area contributed by atoms with Crippen molar-refractivity contribution in [3.63, 3.8) is 0 Å². The lowest BCUT2D eigenvalue weighted by molar-refractivity contribution is 0.354. The fraction of sp³-hybridized carbons (Fsp3) is 0.500. The molecule has 1 aromatic carbocycles. The van der Waals surface area contributed by atoms with Crippen molar-refractivity contribution in [2.24, 2.45) is 0 Å². The van der Waals surface area contributed by atoms with Gasteiger partial charge in [0.15, 0.2) is 11.5 Å². The molecule has 0 amide bonds. The minimum absolute atomic E-state index is 0.399. The summed E-state index contributed by atoms with van der Waals surface area (Å²) in [5.41, 5.74) is 0.686. The topological polar surface area (TPSA) is 57.5 Å². The van der Waals surface area contributed by atoms with Gasteiger partial charge in [-0.1, -0.05) is 17.7 Å². The molecule has 1 rings (SSSR count). The third-order valence-electron chi connectivity index (χ3n) is 2.86. The van der Waals surface area contributed by atoms with E-state index in [1.54, 1.807) is 19.2 Å². The molecule has 0 bridgehead atoms. The lowest BCUT2D eigenvalue weighted by Gasteiger charge is -2.18. The Morgan fingerprint density at radius 3 is 2.55 bits per heavy atom. The van der Waals surface area contributed by atoms with Gasteiger partial charge in [-0.2, -0.15) is 5.26 Å². The predicted octanol–water partition coefficient (Wildman–Crippen LogP) is 2.07. The summed E-state index contributed by atoms with van der Waals surface area (Å²) < 4.78 is 10.4. The highest BCUT2D eigenvalue weighted by Gasteiger charge is 2.19. The van der Waals surface area contributed by atoms with Gasteiger partial charge in [0.25, 0.3) is 0 Å². The molecule has 6 heteroatoms. The molecule has 0 radical (unpaired) electrons. The number of hydrogen-bond donors (Lipinski definition) is 1. The monoisotopic (exact) mass is 297 g/mol. The van der Waals surface area contributed by atoms with Crippen molar-refractivity contribution >= 4 is 11.6 Å². The molecule has 0 fully saturated rings. The van der Waals surface area contributed by atoms with Crippen molar-refractivity contribution < 1.29 is 9.47 Å². The molecule has 0 aliphatic rings. The molecule has 110 valence electrons. The Labute approximate surface area is 125 Å². The van der Waals surface area contributed by atoms with E-state index in [0.717, 1.165) is 6.54 Å². The van der Waals surface area contributed by atoms with Crippen LogP contribution in [0.15, 0.2) is 12.1 Å². The largest absolute Gasteiger partial charge is 0.493 e.